The fourth-order valence-electron chi connectivity index (χ4n) is 3.65. The van der Waals surface area contributed by atoms with E-state index in [1.54, 1.807) is 0 Å². The van der Waals surface area contributed by atoms with Crippen LogP contribution in [0.25, 0.3) is 5.70 Å². The molecular weight excluding hydrogens is 313 g/mol. The number of rotatable bonds is 5. The lowest BCUT2D eigenvalue weighted by molar-refractivity contribution is -0.137. The van der Waals surface area contributed by atoms with Crippen molar-refractivity contribution in [3.8, 4) is 0 Å². The zero-order valence-electron chi connectivity index (χ0n) is 14.4. The van der Waals surface area contributed by atoms with E-state index in [9.17, 15) is 13.2 Å². The molecule has 1 saturated heterocycles. The van der Waals surface area contributed by atoms with Crippen LogP contribution >= 0.6 is 0 Å². The molecule has 0 spiro atoms. The van der Waals surface area contributed by atoms with Crippen LogP contribution in [-0.4, -0.2) is 22.5 Å². The minimum atomic E-state index is -4.41. The quantitative estimate of drug-likeness (QED) is 0.656. The summed E-state index contributed by atoms with van der Waals surface area (Å²) in [5.41, 5.74) is 0.914. The second-order valence-electron chi connectivity index (χ2n) is 6.51. The predicted molar refractivity (Wildman–Crippen MR) is 91.2 cm³/mol. The van der Waals surface area contributed by atoms with Gasteiger partial charge in [0.05, 0.1) is 5.56 Å². The van der Waals surface area contributed by atoms with E-state index in [0.717, 1.165) is 43.9 Å². The van der Waals surface area contributed by atoms with Crippen molar-refractivity contribution in [1.29, 1.82) is 0 Å². The number of hydrogen-bond acceptors (Lipinski definition) is 2. The summed E-state index contributed by atoms with van der Waals surface area (Å²) in [5.74, 6) is 0.293. The van der Waals surface area contributed by atoms with Crippen LogP contribution in [0.15, 0.2) is 37.2 Å². The van der Waals surface area contributed by atoms with Crippen molar-refractivity contribution in [2.75, 3.05) is 6.54 Å². The Kier molecular flexibility index (Phi) is 5.73. The number of nitrogens with zero attached hydrogens (tertiary/aromatic N) is 2. The third-order valence-electron chi connectivity index (χ3n) is 4.78. The highest BCUT2D eigenvalue weighted by Crippen LogP contribution is 2.39. The molecule has 0 N–H and O–H groups in total. The van der Waals surface area contributed by atoms with Crippen molar-refractivity contribution < 1.29 is 13.2 Å². The third kappa shape index (κ3) is 3.82. The first-order valence-electron chi connectivity index (χ1n) is 8.39. The summed E-state index contributed by atoms with van der Waals surface area (Å²) < 4.78 is 40.0. The number of halogens is 3. The van der Waals surface area contributed by atoms with E-state index in [1.807, 2.05) is 11.8 Å². The summed E-state index contributed by atoms with van der Waals surface area (Å²) in [6.07, 6.45) is 1.89. The highest BCUT2D eigenvalue weighted by molar-refractivity contribution is 5.65. The molecule has 5 heteroatoms. The van der Waals surface area contributed by atoms with Gasteiger partial charge < -0.3 is 4.90 Å². The smallest absolute Gasteiger partial charge is 0.368 e. The Morgan fingerprint density at radius 3 is 2.67 bits per heavy atom. The maximum absolute atomic E-state index is 13.3. The van der Waals surface area contributed by atoms with Gasteiger partial charge in [0.15, 0.2) is 0 Å². The number of pyridine rings is 1. The molecule has 0 radical (unpaired) electrons. The van der Waals surface area contributed by atoms with E-state index in [0.29, 0.717) is 11.6 Å². The second kappa shape index (κ2) is 7.41. The fourth-order valence-corrected chi connectivity index (χ4v) is 3.65. The summed E-state index contributed by atoms with van der Waals surface area (Å²) in [5, 5.41) is 0. The molecule has 2 nitrogen and oxygen atoms in total. The van der Waals surface area contributed by atoms with E-state index >= 15 is 0 Å². The minimum Gasteiger partial charge on any atom is -0.368 e. The number of hydrogen-bond donors (Lipinski definition) is 0. The number of aromatic nitrogens is 1. The van der Waals surface area contributed by atoms with Crippen LogP contribution in [0, 0.1) is 5.92 Å². The molecule has 1 aliphatic rings. The molecule has 0 bridgehead atoms. The van der Waals surface area contributed by atoms with Crippen molar-refractivity contribution >= 4 is 5.70 Å². The molecule has 24 heavy (non-hydrogen) atoms. The van der Waals surface area contributed by atoms with Crippen molar-refractivity contribution in [3.05, 3.63) is 48.3 Å². The van der Waals surface area contributed by atoms with Crippen LogP contribution in [0.2, 0.25) is 0 Å². The van der Waals surface area contributed by atoms with Gasteiger partial charge in [0.1, 0.15) is 0 Å². The van der Waals surface area contributed by atoms with E-state index in [4.69, 9.17) is 0 Å². The summed E-state index contributed by atoms with van der Waals surface area (Å²) in [6.45, 7) is 12.9. The highest BCUT2D eigenvalue weighted by Gasteiger charge is 2.37. The Morgan fingerprint density at radius 1 is 1.38 bits per heavy atom. The van der Waals surface area contributed by atoms with E-state index in [2.05, 4.69) is 25.1 Å². The molecule has 2 unspecified atom stereocenters. The van der Waals surface area contributed by atoms with Gasteiger partial charge in [-0.15, -0.1) is 0 Å². The lowest BCUT2D eigenvalue weighted by atomic mass is 9.81. The van der Waals surface area contributed by atoms with Crippen molar-refractivity contribution in [1.82, 2.24) is 9.88 Å². The summed E-state index contributed by atoms with van der Waals surface area (Å²) in [7, 11) is 0. The van der Waals surface area contributed by atoms with Crippen LogP contribution in [0.3, 0.4) is 0 Å². The minimum absolute atomic E-state index is 0.0773. The van der Waals surface area contributed by atoms with Crippen LogP contribution < -0.4 is 0 Å². The monoisotopic (exact) mass is 338 g/mol. The molecule has 132 valence electrons. The van der Waals surface area contributed by atoms with Gasteiger partial charge in [-0.2, -0.15) is 13.2 Å². The van der Waals surface area contributed by atoms with Crippen LogP contribution in [-0.2, 0) is 6.18 Å². The second-order valence-corrected chi connectivity index (χ2v) is 6.51. The first-order valence-corrected chi connectivity index (χ1v) is 8.39. The van der Waals surface area contributed by atoms with Gasteiger partial charge in [-0.05, 0) is 38.2 Å². The van der Waals surface area contributed by atoms with Crippen LogP contribution in [0.4, 0.5) is 13.2 Å². The Bertz CT molecular complexity index is 607. The molecule has 1 aromatic heterocycles. The topological polar surface area (TPSA) is 16.1 Å². The van der Waals surface area contributed by atoms with Gasteiger partial charge in [-0.1, -0.05) is 32.1 Å². The van der Waals surface area contributed by atoms with Gasteiger partial charge >= 0.3 is 6.18 Å². The molecule has 0 saturated carbocycles. The molecule has 2 rings (SSSR count). The first-order chi connectivity index (χ1) is 11.3. The lowest BCUT2D eigenvalue weighted by Gasteiger charge is -2.44. The Morgan fingerprint density at radius 2 is 2.08 bits per heavy atom. The largest absolute Gasteiger partial charge is 0.417 e. The van der Waals surface area contributed by atoms with Gasteiger partial charge in [0.25, 0.3) is 0 Å². The maximum Gasteiger partial charge on any atom is 0.417 e. The molecule has 0 amide bonds. The van der Waals surface area contributed by atoms with Crippen molar-refractivity contribution in [3.63, 3.8) is 0 Å². The highest BCUT2D eigenvalue weighted by atomic mass is 19.4. The Hall–Kier alpha value is -1.78. The molecule has 1 aromatic rings. The van der Waals surface area contributed by atoms with Gasteiger partial charge in [-0.3, -0.25) is 4.98 Å². The number of piperidine rings is 1. The Balaban J connectivity index is 2.39. The van der Waals surface area contributed by atoms with Crippen molar-refractivity contribution in [2.24, 2.45) is 5.92 Å². The average Bonchev–Trinajstić information content (AvgIpc) is 2.53. The van der Waals surface area contributed by atoms with E-state index < -0.39 is 11.7 Å². The summed E-state index contributed by atoms with van der Waals surface area (Å²) in [6, 6.07) is 1.17. The average molecular weight is 338 g/mol. The molecule has 2 atom stereocenters. The normalized spacial score (nSPS) is 21.6. The number of alkyl halides is 3. The zero-order chi connectivity index (χ0) is 17.9. The van der Waals surface area contributed by atoms with Crippen LogP contribution in [0.1, 0.15) is 50.7 Å². The first kappa shape index (κ1) is 18.6. The standard InChI is InChI=1S/C19H25F3N2/c1-5-7-18-15(13(2)3)8-6-11-24(18)14(4)16-12-23-10-9-17(16)19(20,21)22/h9-10,12,15,18H,2,4-8,11H2,1,3H3. The van der Waals surface area contributed by atoms with Gasteiger partial charge in [-0.25, -0.2) is 0 Å². The van der Waals surface area contributed by atoms with E-state index in [1.165, 1.54) is 12.4 Å². The van der Waals surface area contributed by atoms with E-state index in [-0.39, 0.29) is 11.6 Å². The molecular formula is C19H25F3N2. The van der Waals surface area contributed by atoms with Crippen molar-refractivity contribution in [2.45, 2.75) is 51.7 Å². The predicted octanol–water partition coefficient (Wildman–Crippen LogP) is 5.53. The van der Waals surface area contributed by atoms with Gasteiger partial charge in [0.2, 0.25) is 0 Å². The Labute approximate surface area is 142 Å². The van der Waals surface area contributed by atoms with Crippen LogP contribution in [0.5, 0.6) is 0 Å². The zero-order valence-corrected chi connectivity index (χ0v) is 14.4. The summed E-state index contributed by atoms with van der Waals surface area (Å²) >= 11 is 0. The fraction of sp³-hybridized carbons (Fsp3) is 0.526. The lowest BCUT2D eigenvalue weighted by Crippen LogP contribution is -2.44. The molecule has 0 aromatic carbocycles. The number of likely N-dealkylation sites (tertiary alicyclic amines) is 1. The maximum atomic E-state index is 13.3. The molecule has 1 aliphatic heterocycles. The summed E-state index contributed by atoms with van der Waals surface area (Å²) in [4.78, 5) is 5.94. The third-order valence-corrected chi connectivity index (χ3v) is 4.78. The molecule has 2 heterocycles. The SMILES string of the molecule is C=C(C)C1CCCN(C(=C)c2cnccc2C(F)(F)F)C1CCC. The molecule has 1 fully saturated rings. The molecule has 0 aliphatic carbocycles. The van der Waals surface area contributed by atoms with Gasteiger partial charge in [0, 0.05) is 36.2 Å².